The summed E-state index contributed by atoms with van der Waals surface area (Å²) >= 11 is 0. The summed E-state index contributed by atoms with van der Waals surface area (Å²) in [6, 6.07) is 4.98. The first kappa shape index (κ1) is 19.8. The van der Waals surface area contributed by atoms with Crippen LogP contribution < -0.4 is 15.8 Å². The van der Waals surface area contributed by atoms with Crippen molar-refractivity contribution in [1.29, 1.82) is 0 Å². The molecule has 0 saturated carbocycles. The first-order valence-electron chi connectivity index (χ1n) is 8.07. The quantitative estimate of drug-likeness (QED) is 0.487. The van der Waals surface area contributed by atoms with Crippen molar-refractivity contribution in [3.05, 3.63) is 23.8 Å². The van der Waals surface area contributed by atoms with Crippen LogP contribution in [-0.4, -0.2) is 23.7 Å². The van der Waals surface area contributed by atoms with Gasteiger partial charge >= 0.3 is 12.1 Å². The molecule has 0 radical (unpaired) electrons. The maximum atomic E-state index is 12.1. The van der Waals surface area contributed by atoms with Gasteiger partial charge in [-0.2, -0.15) is 0 Å². The number of carbonyl (C=O) groups excluding carboxylic acids is 2. The van der Waals surface area contributed by atoms with Gasteiger partial charge in [-0.15, -0.1) is 0 Å². The van der Waals surface area contributed by atoms with Crippen molar-refractivity contribution in [3.8, 4) is 5.75 Å². The smallest absolute Gasteiger partial charge is 0.407 e. The number of esters is 1. The van der Waals surface area contributed by atoms with Gasteiger partial charge in [0.15, 0.2) is 5.75 Å². The zero-order chi connectivity index (χ0) is 18.5. The zero-order valence-electron chi connectivity index (χ0n) is 15.3. The minimum atomic E-state index is -0.587. The third-order valence-electron chi connectivity index (χ3n) is 3.16. The number of alkyl carbamates (subject to hydrolysis) is 1. The molecule has 24 heavy (non-hydrogen) atoms. The molecule has 6 nitrogen and oxygen atoms in total. The fourth-order valence-corrected chi connectivity index (χ4v) is 1.97. The molecule has 0 aliphatic heterocycles. The number of benzene rings is 1. The highest BCUT2D eigenvalue weighted by Gasteiger charge is 2.20. The third-order valence-corrected chi connectivity index (χ3v) is 3.16. The van der Waals surface area contributed by atoms with Gasteiger partial charge in [0.1, 0.15) is 5.60 Å². The number of carbonyl (C=O) groups is 2. The second-order valence-corrected chi connectivity index (χ2v) is 7.18. The van der Waals surface area contributed by atoms with E-state index in [0.717, 1.165) is 5.56 Å². The minimum Gasteiger partial charge on any atom is -0.444 e. The van der Waals surface area contributed by atoms with Crippen molar-refractivity contribution in [2.75, 3.05) is 5.73 Å². The SMILES string of the molecule is CC(CC(=O)Oc1cc(C(C)C)ccc1N)NC(=O)OC(C)(C)C. The molecule has 0 aliphatic carbocycles. The molecule has 1 aromatic carbocycles. The first-order chi connectivity index (χ1) is 11.0. The van der Waals surface area contributed by atoms with Gasteiger partial charge in [0.05, 0.1) is 12.1 Å². The molecule has 0 heterocycles. The van der Waals surface area contributed by atoms with Crippen LogP contribution in [0.2, 0.25) is 0 Å². The van der Waals surface area contributed by atoms with Crippen LogP contribution in [0, 0.1) is 0 Å². The van der Waals surface area contributed by atoms with E-state index in [9.17, 15) is 9.59 Å². The third kappa shape index (κ3) is 6.89. The summed E-state index contributed by atoms with van der Waals surface area (Å²) in [6.45, 7) is 11.1. The normalized spacial score (nSPS) is 12.6. The van der Waals surface area contributed by atoms with Gasteiger partial charge < -0.3 is 20.5 Å². The van der Waals surface area contributed by atoms with E-state index in [2.05, 4.69) is 5.32 Å². The van der Waals surface area contributed by atoms with Crippen LogP contribution in [-0.2, 0) is 9.53 Å². The summed E-state index contributed by atoms with van der Waals surface area (Å²) in [4.78, 5) is 23.7. The van der Waals surface area contributed by atoms with Crippen molar-refractivity contribution in [1.82, 2.24) is 5.32 Å². The number of amides is 1. The number of nitrogens with one attached hydrogen (secondary N) is 1. The van der Waals surface area contributed by atoms with Crippen LogP contribution in [0.3, 0.4) is 0 Å². The van der Waals surface area contributed by atoms with E-state index in [1.807, 2.05) is 19.9 Å². The average Bonchev–Trinajstić information content (AvgIpc) is 2.38. The number of anilines is 1. The molecule has 0 aromatic heterocycles. The Hall–Kier alpha value is -2.24. The molecule has 0 spiro atoms. The Morgan fingerprint density at radius 1 is 1.21 bits per heavy atom. The number of hydrogen-bond donors (Lipinski definition) is 2. The van der Waals surface area contributed by atoms with Crippen LogP contribution in [0.5, 0.6) is 5.75 Å². The van der Waals surface area contributed by atoms with Gasteiger partial charge in [-0.25, -0.2) is 4.79 Å². The zero-order valence-corrected chi connectivity index (χ0v) is 15.3. The molecular weight excluding hydrogens is 308 g/mol. The van der Waals surface area contributed by atoms with Gasteiger partial charge in [0.25, 0.3) is 0 Å². The summed E-state index contributed by atoms with van der Waals surface area (Å²) in [5.41, 5.74) is 6.70. The predicted octanol–water partition coefficient (Wildman–Crippen LogP) is 3.60. The summed E-state index contributed by atoms with van der Waals surface area (Å²) < 4.78 is 10.5. The van der Waals surface area contributed by atoms with Gasteiger partial charge in [-0.05, 0) is 51.3 Å². The van der Waals surface area contributed by atoms with E-state index in [4.69, 9.17) is 15.2 Å². The van der Waals surface area contributed by atoms with Crippen molar-refractivity contribution >= 4 is 17.7 Å². The van der Waals surface area contributed by atoms with Crippen LogP contribution in [0.15, 0.2) is 18.2 Å². The second kappa shape index (κ2) is 8.04. The van der Waals surface area contributed by atoms with Gasteiger partial charge in [0, 0.05) is 6.04 Å². The van der Waals surface area contributed by atoms with E-state index in [0.29, 0.717) is 17.4 Å². The standard InChI is InChI=1S/C18H28N2O4/c1-11(2)13-7-8-14(19)15(10-13)23-16(21)9-12(3)20-17(22)24-18(4,5)6/h7-8,10-12H,9,19H2,1-6H3,(H,20,22). The van der Waals surface area contributed by atoms with Crippen molar-refractivity contribution in [2.24, 2.45) is 0 Å². The van der Waals surface area contributed by atoms with Crippen molar-refractivity contribution in [3.63, 3.8) is 0 Å². The average molecular weight is 336 g/mol. The molecule has 134 valence electrons. The molecule has 1 unspecified atom stereocenters. The van der Waals surface area contributed by atoms with E-state index < -0.39 is 23.7 Å². The summed E-state index contributed by atoms with van der Waals surface area (Å²) in [6.07, 6.45) is -0.547. The second-order valence-electron chi connectivity index (χ2n) is 7.18. The molecule has 1 rings (SSSR count). The number of hydrogen-bond acceptors (Lipinski definition) is 5. The van der Waals surface area contributed by atoms with E-state index in [-0.39, 0.29) is 6.42 Å². The molecule has 6 heteroatoms. The monoisotopic (exact) mass is 336 g/mol. The minimum absolute atomic E-state index is 0.0184. The van der Waals surface area contributed by atoms with Gasteiger partial charge in [-0.3, -0.25) is 4.79 Å². The lowest BCUT2D eigenvalue weighted by molar-refractivity contribution is -0.134. The highest BCUT2D eigenvalue weighted by molar-refractivity contribution is 5.76. The van der Waals surface area contributed by atoms with Gasteiger partial charge in [-0.1, -0.05) is 19.9 Å². The fraction of sp³-hybridized carbons (Fsp3) is 0.556. The summed E-state index contributed by atoms with van der Waals surface area (Å²) in [5, 5.41) is 2.60. The number of rotatable bonds is 5. The molecule has 0 aliphatic rings. The lowest BCUT2D eigenvalue weighted by Gasteiger charge is -2.21. The Morgan fingerprint density at radius 3 is 2.38 bits per heavy atom. The predicted molar refractivity (Wildman–Crippen MR) is 94.0 cm³/mol. The van der Waals surface area contributed by atoms with E-state index in [1.54, 1.807) is 39.8 Å². The Labute approximate surface area is 143 Å². The van der Waals surface area contributed by atoms with Crippen molar-refractivity contribution < 1.29 is 19.1 Å². The molecule has 1 amide bonds. The molecule has 3 N–H and O–H groups in total. The number of ether oxygens (including phenoxy) is 2. The Balaban J connectivity index is 2.60. The Kier molecular flexibility index (Phi) is 6.63. The van der Waals surface area contributed by atoms with E-state index >= 15 is 0 Å². The lowest BCUT2D eigenvalue weighted by Crippen LogP contribution is -2.39. The number of nitrogens with two attached hydrogens (primary N) is 1. The number of nitrogen functional groups attached to an aromatic ring is 1. The molecule has 0 saturated heterocycles. The molecule has 1 atom stereocenters. The van der Waals surface area contributed by atoms with Crippen LogP contribution in [0.1, 0.15) is 59.4 Å². The molecule has 1 aromatic rings. The molecule has 0 fully saturated rings. The van der Waals surface area contributed by atoms with Crippen LogP contribution in [0.25, 0.3) is 0 Å². The highest BCUT2D eigenvalue weighted by Crippen LogP contribution is 2.27. The summed E-state index contributed by atoms with van der Waals surface area (Å²) in [7, 11) is 0. The molecule has 0 bridgehead atoms. The lowest BCUT2D eigenvalue weighted by atomic mass is 10.0. The molecular formula is C18H28N2O4. The Morgan fingerprint density at radius 2 is 1.83 bits per heavy atom. The topological polar surface area (TPSA) is 90.6 Å². The Bertz CT molecular complexity index is 591. The highest BCUT2D eigenvalue weighted by atomic mass is 16.6. The largest absolute Gasteiger partial charge is 0.444 e. The van der Waals surface area contributed by atoms with Crippen molar-refractivity contribution in [2.45, 2.75) is 65.5 Å². The van der Waals surface area contributed by atoms with Crippen LogP contribution >= 0.6 is 0 Å². The maximum absolute atomic E-state index is 12.1. The van der Waals surface area contributed by atoms with Gasteiger partial charge in [0.2, 0.25) is 0 Å². The summed E-state index contributed by atoms with van der Waals surface area (Å²) in [5.74, 6) is 0.178. The first-order valence-corrected chi connectivity index (χ1v) is 8.07. The van der Waals surface area contributed by atoms with E-state index in [1.165, 1.54) is 0 Å². The fourth-order valence-electron chi connectivity index (χ4n) is 1.97. The van der Waals surface area contributed by atoms with Crippen LogP contribution in [0.4, 0.5) is 10.5 Å². The maximum Gasteiger partial charge on any atom is 0.407 e.